The summed E-state index contributed by atoms with van der Waals surface area (Å²) in [6.07, 6.45) is 2.60. The Balaban J connectivity index is 1.47. The lowest BCUT2D eigenvalue weighted by Crippen LogP contribution is -2.37. The van der Waals surface area contributed by atoms with E-state index < -0.39 is 5.97 Å². The van der Waals surface area contributed by atoms with Gasteiger partial charge in [-0.3, -0.25) is 4.79 Å². The Morgan fingerprint density at radius 3 is 2.71 bits per heavy atom. The number of benzene rings is 2. The van der Waals surface area contributed by atoms with Gasteiger partial charge in [-0.05, 0) is 55.5 Å². The Morgan fingerprint density at radius 2 is 1.96 bits per heavy atom. The first-order valence-corrected chi connectivity index (χ1v) is 9.89. The van der Waals surface area contributed by atoms with E-state index in [9.17, 15) is 14.7 Å². The van der Waals surface area contributed by atoms with Gasteiger partial charge in [0, 0.05) is 26.1 Å². The Labute approximate surface area is 166 Å². The molecule has 1 fully saturated rings. The van der Waals surface area contributed by atoms with Gasteiger partial charge in [0.1, 0.15) is 0 Å². The maximum absolute atomic E-state index is 12.2. The molecule has 0 spiro atoms. The van der Waals surface area contributed by atoms with Gasteiger partial charge in [-0.25, -0.2) is 4.79 Å². The van der Waals surface area contributed by atoms with Crippen molar-refractivity contribution in [3.05, 3.63) is 70.8 Å². The molecule has 1 aliphatic rings. The van der Waals surface area contributed by atoms with Crippen molar-refractivity contribution in [1.82, 2.24) is 10.2 Å². The van der Waals surface area contributed by atoms with E-state index in [1.54, 1.807) is 12.1 Å². The third kappa shape index (κ3) is 5.67. The van der Waals surface area contributed by atoms with E-state index in [0.29, 0.717) is 24.4 Å². The zero-order valence-corrected chi connectivity index (χ0v) is 16.4. The number of carbonyl (C=O) groups excluding carboxylic acids is 1. The van der Waals surface area contributed by atoms with Crippen LogP contribution in [0.2, 0.25) is 0 Å². The van der Waals surface area contributed by atoms with Gasteiger partial charge in [0.05, 0.1) is 5.56 Å². The Bertz CT molecular complexity index is 817. The van der Waals surface area contributed by atoms with Crippen molar-refractivity contribution in [3.8, 4) is 0 Å². The van der Waals surface area contributed by atoms with Gasteiger partial charge in [0.15, 0.2) is 0 Å². The molecule has 2 aromatic carbocycles. The Hall–Kier alpha value is -2.66. The van der Waals surface area contributed by atoms with Gasteiger partial charge in [-0.15, -0.1) is 0 Å². The number of hydrogen-bond donors (Lipinski definition) is 2. The highest BCUT2D eigenvalue weighted by molar-refractivity contribution is 5.87. The van der Waals surface area contributed by atoms with Crippen LogP contribution in [-0.2, 0) is 11.3 Å². The predicted octanol–water partition coefficient (Wildman–Crippen LogP) is 3.58. The number of nitrogens with zero attached hydrogens (tertiary/aromatic N) is 1. The number of carbonyl (C=O) groups is 2. The van der Waals surface area contributed by atoms with Crippen LogP contribution in [0.5, 0.6) is 0 Å². The van der Waals surface area contributed by atoms with Crippen molar-refractivity contribution >= 4 is 11.9 Å². The summed E-state index contributed by atoms with van der Waals surface area (Å²) in [5.74, 6) is -0.501. The molecule has 2 aromatic rings. The van der Waals surface area contributed by atoms with E-state index in [4.69, 9.17) is 0 Å². The number of likely N-dealkylation sites (tertiary alicyclic amines) is 1. The summed E-state index contributed by atoms with van der Waals surface area (Å²) in [5, 5.41) is 12.2. The predicted molar refractivity (Wildman–Crippen MR) is 109 cm³/mol. The summed E-state index contributed by atoms with van der Waals surface area (Å²) >= 11 is 0. The fourth-order valence-corrected chi connectivity index (χ4v) is 3.71. The summed E-state index contributed by atoms with van der Waals surface area (Å²) in [6.45, 7) is 5.19. The van der Waals surface area contributed by atoms with Crippen LogP contribution in [0.25, 0.3) is 0 Å². The highest BCUT2D eigenvalue weighted by Gasteiger charge is 2.22. The zero-order valence-electron chi connectivity index (χ0n) is 16.4. The zero-order chi connectivity index (χ0) is 19.9. The monoisotopic (exact) mass is 380 g/mol. The van der Waals surface area contributed by atoms with Gasteiger partial charge in [0.2, 0.25) is 5.91 Å². The summed E-state index contributed by atoms with van der Waals surface area (Å²) in [4.78, 5) is 25.7. The van der Waals surface area contributed by atoms with E-state index in [2.05, 4.69) is 22.3 Å². The average Bonchev–Trinajstić information content (AvgIpc) is 2.72. The van der Waals surface area contributed by atoms with Gasteiger partial charge in [0.25, 0.3) is 0 Å². The largest absolute Gasteiger partial charge is 0.478 e. The molecule has 1 amide bonds. The third-order valence-corrected chi connectivity index (χ3v) is 5.38. The number of amides is 1. The standard InChI is InChI=1S/C23H28N2O3/c1-17-7-9-18(10-8-17)15-24-22(26)11-13-25-12-3-6-21(16-25)19-4-2-5-20(14-19)23(27)28/h2,4-5,7-10,14,21H,3,6,11-13,15-16H2,1H3,(H,24,26)(H,27,28). The van der Waals surface area contributed by atoms with E-state index in [1.165, 1.54) is 5.56 Å². The topological polar surface area (TPSA) is 69.6 Å². The lowest BCUT2D eigenvalue weighted by atomic mass is 9.89. The first-order chi connectivity index (χ1) is 13.5. The number of carboxylic acids is 1. The highest BCUT2D eigenvalue weighted by Crippen LogP contribution is 2.27. The summed E-state index contributed by atoms with van der Waals surface area (Å²) in [6, 6.07) is 15.4. The van der Waals surface area contributed by atoms with Gasteiger partial charge < -0.3 is 15.3 Å². The fourth-order valence-electron chi connectivity index (χ4n) is 3.71. The van der Waals surface area contributed by atoms with Crippen LogP contribution in [0.1, 0.15) is 52.2 Å². The minimum absolute atomic E-state index is 0.0653. The van der Waals surface area contributed by atoms with Crippen molar-refractivity contribution in [2.45, 2.75) is 38.6 Å². The minimum Gasteiger partial charge on any atom is -0.478 e. The van der Waals surface area contributed by atoms with Crippen LogP contribution in [0, 0.1) is 6.92 Å². The molecule has 28 heavy (non-hydrogen) atoms. The van der Waals surface area contributed by atoms with E-state index in [0.717, 1.165) is 43.6 Å². The normalized spacial score (nSPS) is 17.2. The number of carboxylic acid groups (broad SMARTS) is 1. The van der Waals surface area contributed by atoms with E-state index in [1.807, 2.05) is 31.2 Å². The molecule has 5 heteroatoms. The molecular weight excluding hydrogens is 352 g/mol. The Kier molecular flexibility index (Phi) is 6.82. The second-order valence-corrected chi connectivity index (χ2v) is 7.58. The average molecular weight is 380 g/mol. The van der Waals surface area contributed by atoms with Crippen LogP contribution in [-0.4, -0.2) is 41.5 Å². The van der Waals surface area contributed by atoms with Crippen LogP contribution in [0.3, 0.4) is 0 Å². The van der Waals surface area contributed by atoms with Crippen molar-refractivity contribution in [1.29, 1.82) is 0 Å². The molecule has 0 saturated carbocycles. The summed E-state index contributed by atoms with van der Waals surface area (Å²) < 4.78 is 0. The number of aryl methyl sites for hydroxylation is 1. The summed E-state index contributed by atoms with van der Waals surface area (Å²) in [7, 11) is 0. The molecule has 0 bridgehead atoms. The summed E-state index contributed by atoms with van der Waals surface area (Å²) in [5.41, 5.74) is 3.73. The number of rotatable bonds is 7. The maximum Gasteiger partial charge on any atom is 0.335 e. The molecule has 0 aliphatic carbocycles. The number of nitrogens with one attached hydrogen (secondary N) is 1. The van der Waals surface area contributed by atoms with Crippen LogP contribution >= 0.6 is 0 Å². The van der Waals surface area contributed by atoms with Crippen LogP contribution in [0.4, 0.5) is 0 Å². The first kappa shape index (κ1) is 20.1. The third-order valence-electron chi connectivity index (χ3n) is 5.38. The number of piperidine rings is 1. The van der Waals surface area contributed by atoms with Gasteiger partial charge >= 0.3 is 5.97 Å². The molecule has 0 radical (unpaired) electrons. The molecule has 1 saturated heterocycles. The smallest absolute Gasteiger partial charge is 0.335 e. The molecule has 2 N–H and O–H groups in total. The molecule has 1 unspecified atom stereocenters. The van der Waals surface area contributed by atoms with E-state index >= 15 is 0 Å². The molecule has 148 valence electrons. The van der Waals surface area contributed by atoms with Crippen LogP contribution < -0.4 is 5.32 Å². The van der Waals surface area contributed by atoms with Gasteiger partial charge in [-0.2, -0.15) is 0 Å². The second-order valence-electron chi connectivity index (χ2n) is 7.58. The van der Waals surface area contributed by atoms with Gasteiger partial charge in [-0.1, -0.05) is 42.0 Å². The highest BCUT2D eigenvalue weighted by atomic mass is 16.4. The van der Waals surface area contributed by atoms with E-state index in [-0.39, 0.29) is 5.91 Å². The molecule has 5 nitrogen and oxygen atoms in total. The van der Waals surface area contributed by atoms with Crippen LogP contribution in [0.15, 0.2) is 48.5 Å². The lowest BCUT2D eigenvalue weighted by Gasteiger charge is -2.33. The van der Waals surface area contributed by atoms with Crippen molar-refractivity contribution < 1.29 is 14.7 Å². The quantitative estimate of drug-likeness (QED) is 0.770. The number of aromatic carboxylic acids is 1. The first-order valence-electron chi connectivity index (χ1n) is 9.89. The SMILES string of the molecule is Cc1ccc(CNC(=O)CCN2CCCC(c3cccc(C(=O)O)c3)C2)cc1. The molecular formula is C23H28N2O3. The van der Waals surface area contributed by atoms with Crippen molar-refractivity contribution in [2.75, 3.05) is 19.6 Å². The maximum atomic E-state index is 12.2. The molecule has 3 rings (SSSR count). The molecule has 0 aromatic heterocycles. The molecule has 1 heterocycles. The fraction of sp³-hybridized carbons (Fsp3) is 0.391. The second kappa shape index (κ2) is 9.51. The Morgan fingerprint density at radius 1 is 1.18 bits per heavy atom. The lowest BCUT2D eigenvalue weighted by molar-refractivity contribution is -0.121. The van der Waals surface area contributed by atoms with Crippen molar-refractivity contribution in [3.63, 3.8) is 0 Å². The number of hydrogen-bond acceptors (Lipinski definition) is 3. The molecule has 1 aliphatic heterocycles. The van der Waals surface area contributed by atoms with Crippen molar-refractivity contribution in [2.24, 2.45) is 0 Å². The molecule has 1 atom stereocenters. The minimum atomic E-state index is -0.889.